The Morgan fingerprint density at radius 3 is 2.93 bits per heavy atom. The van der Waals surface area contributed by atoms with Gasteiger partial charge < -0.3 is 24.3 Å². The molecule has 30 heavy (non-hydrogen) atoms. The number of oxazole rings is 1. The van der Waals surface area contributed by atoms with Gasteiger partial charge in [-0.2, -0.15) is 0 Å². The molecule has 4 rings (SSSR count). The first kappa shape index (κ1) is 20.5. The molecule has 160 valence electrons. The van der Waals surface area contributed by atoms with Crippen LogP contribution in [-0.4, -0.2) is 72.5 Å². The minimum absolute atomic E-state index is 0.00362. The zero-order valence-corrected chi connectivity index (χ0v) is 17.1. The van der Waals surface area contributed by atoms with Crippen LogP contribution in [0.3, 0.4) is 0 Å². The average Bonchev–Trinajstić information content (AvgIpc) is 3.17. The molecule has 2 aliphatic rings. The fraction of sp³-hybridized carbons (Fsp3) is 0.476. The number of amides is 2. The normalized spacial score (nSPS) is 19.4. The number of aromatic nitrogens is 1. The van der Waals surface area contributed by atoms with Crippen LogP contribution in [0, 0.1) is 12.7 Å². The number of nitrogens with zero attached hydrogens (tertiary/aromatic N) is 3. The van der Waals surface area contributed by atoms with Crippen LogP contribution < -0.4 is 5.32 Å². The molecule has 1 fully saturated rings. The summed E-state index contributed by atoms with van der Waals surface area (Å²) < 4.78 is 24.8. The number of hydrogen-bond donors (Lipinski definition) is 1. The summed E-state index contributed by atoms with van der Waals surface area (Å²) in [5.41, 5.74) is 1.43. The first-order valence-electron chi connectivity index (χ1n) is 10.0. The summed E-state index contributed by atoms with van der Waals surface area (Å²) in [6.45, 7) is 4.97. The molecular weight excluding hydrogens is 391 g/mol. The van der Waals surface area contributed by atoms with Crippen LogP contribution in [-0.2, 0) is 17.7 Å². The van der Waals surface area contributed by atoms with Gasteiger partial charge >= 0.3 is 5.91 Å². The van der Waals surface area contributed by atoms with Gasteiger partial charge in [-0.15, -0.1) is 0 Å². The number of morpholine rings is 1. The zero-order chi connectivity index (χ0) is 21.3. The molecular formula is C21H25FN4O4. The Balaban J connectivity index is 1.38. The highest BCUT2D eigenvalue weighted by atomic mass is 19.1. The second-order valence-corrected chi connectivity index (χ2v) is 7.79. The van der Waals surface area contributed by atoms with Gasteiger partial charge in [0.2, 0.25) is 0 Å². The predicted octanol–water partition coefficient (Wildman–Crippen LogP) is 1.38. The lowest BCUT2D eigenvalue weighted by atomic mass is 10.1. The second-order valence-electron chi connectivity index (χ2n) is 7.79. The lowest BCUT2D eigenvalue weighted by Gasteiger charge is -2.29. The molecule has 2 aliphatic heterocycles. The molecule has 2 aromatic rings. The van der Waals surface area contributed by atoms with Gasteiger partial charge in [-0.05, 0) is 37.7 Å². The van der Waals surface area contributed by atoms with Gasteiger partial charge in [0.05, 0.1) is 19.3 Å². The highest BCUT2D eigenvalue weighted by molar-refractivity contribution is 5.94. The van der Waals surface area contributed by atoms with Crippen LogP contribution in [0.5, 0.6) is 0 Å². The van der Waals surface area contributed by atoms with Gasteiger partial charge in [-0.3, -0.25) is 9.59 Å². The van der Waals surface area contributed by atoms with E-state index in [1.54, 1.807) is 17.9 Å². The van der Waals surface area contributed by atoms with Gasteiger partial charge in [-0.25, -0.2) is 9.37 Å². The quantitative estimate of drug-likeness (QED) is 0.810. The monoisotopic (exact) mass is 416 g/mol. The summed E-state index contributed by atoms with van der Waals surface area (Å²) >= 11 is 0. The molecule has 3 heterocycles. The number of likely N-dealkylation sites (N-methyl/N-ethyl adjacent to an activating group) is 1. The number of aryl methyl sites for hydroxylation is 1. The van der Waals surface area contributed by atoms with Crippen molar-refractivity contribution in [2.24, 2.45) is 0 Å². The molecule has 0 spiro atoms. The van der Waals surface area contributed by atoms with Crippen molar-refractivity contribution in [2.75, 3.05) is 39.8 Å². The van der Waals surface area contributed by atoms with Crippen LogP contribution in [0.2, 0.25) is 0 Å². The Hall–Kier alpha value is -2.78. The molecule has 1 N–H and O–H groups in total. The maximum atomic E-state index is 13.5. The molecule has 1 aromatic heterocycles. The Bertz CT molecular complexity index is 960. The summed E-state index contributed by atoms with van der Waals surface area (Å²) in [6, 6.07) is 4.32. The number of ether oxygens (including phenoxy) is 1. The molecule has 1 saturated heterocycles. The molecule has 2 amide bonds. The highest BCUT2D eigenvalue weighted by Gasteiger charge is 2.28. The van der Waals surface area contributed by atoms with E-state index in [0.29, 0.717) is 48.7 Å². The summed E-state index contributed by atoms with van der Waals surface area (Å²) in [5, 5.41) is 2.81. The lowest BCUT2D eigenvalue weighted by molar-refractivity contribution is -0.0176. The summed E-state index contributed by atoms with van der Waals surface area (Å²) in [6.07, 6.45) is 0.405. The first-order chi connectivity index (χ1) is 14.4. The molecule has 1 unspecified atom stereocenters. The Morgan fingerprint density at radius 1 is 1.33 bits per heavy atom. The van der Waals surface area contributed by atoms with Crippen molar-refractivity contribution in [3.8, 4) is 0 Å². The molecule has 0 aliphatic carbocycles. The van der Waals surface area contributed by atoms with Gasteiger partial charge in [0.1, 0.15) is 17.3 Å². The Morgan fingerprint density at radius 2 is 2.17 bits per heavy atom. The van der Waals surface area contributed by atoms with Crippen molar-refractivity contribution in [1.29, 1.82) is 0 Å². The van der Waals surface area contributed by atoms with Crippen LogP contribution in [0.25, 0.3) is 0 Å². The lowest BCUT2D eigenvalue weighted by Crippen LogP contribution is -2.46. The third-order valence-electron chi connectivity index (χ3n) is 5.45. The molecule has 0 radical (unpaired) electrons. The SMILES string of the molecule is Cc1cc(C(=O)N2CCc3oc(C(=O)NCC4CN(C)CCO4)nc3C2)ccc1F. The molecule has 0 saturated carbocycles. The van der Waals surface area contributed by atoms with Crippen LogP contribution in [0.1, 0.15) is 38.1 Å². The van der Waals surface area contributed by atoms with Gasteiger partial charge in [-0.1, -0.05) is 0 Å². The van der Waals surface area contributed by atoms with E-state index in [0.717, 1.165) is 13.1 Å². The van der Waals surface area contributed by atoms with Crippen molar-refractivity contribution in [3.63, 3.8) is 0 Å². The van der Waals surface area contributed by atoms with Crippen molar-refractivity contribution in [2.45, 2.75) is 26.0 Å². The topological polar surface area (TPSA) is 87.9 Å². The van der Waals surface area contributed by atoms with E-state index in [4.69, 9.17) is 9.15 Å². The average molecular weight is 416 g/mol. The third kappa shape index (κ3) is 4.36. The summed E-state index contributed by atoms with van der Waals surface area (Å²) in [7, 11) is 2.01. The van der Waals surface area contributed by atoms with E-state index in [1.807, 2.05) is 7.05 Å². The Kier molecular flexibility index (Phi) is 5.83. The van der Waals surface area contributed by atoms with Gasteiger partial charge in [0, 0.05) is 38.2 Å². The summed E-state index contributed by atoms with van der Waals surface area (Å²) in [5.74, 6) is -0.321. The number of hydrogen-bond acceptors (Lipinski definition) is 6. The van der Waals surface area contributed by atoms with E-state index < -0.39 is 5.91 Å². The number of fused-ring (bicyclic) bond motifs is 1. The Labute approximate surface area is 174 Å². The minimum atomic E-state index is -0.395. The number of carbonyl (C=O) groups excluding carboxylic acids is 2. The number of rotatable bonds is 4. The van der Waals surface area contributed by atoms with E-state index in [-0.39, 0.29) is 30.3 Å². The van der Waals surface area contributed by atoms with Crippen LogP contribution in [0.4, 0.5) is 4.39 Å². The van der Waals surface area contributed by atoms with Gasteiger partial charge in [0.15, 0.2) is 0 Å². The van der Waals surface area contributed by atoms with E-state index in [1.165, 1.54) is 12.1 Å². The molecule has 1 aromatic carbocycles. The number of benzene rings is 1. The molecule has 1 atom stereocenters. The maximum Gasteiger partial charge on any atom is 0.307 e. The molecule has 0 bridgehead atoms. The van der Waals surface area contributed by atoms with Crippen molar-refractivity contribution < 1.29 is 23.1 Å². The fourth-order valence-corrected chi connectivity index (χ4v) is 3.70. The zero-order valence-electron chi connectivity index (χ0n) is 17.1. The number of halogens is 1. The minimum Gasteiger partial charge on any atom is -0.437 e. The smallest absolute Gasteiger partial charge is 0.307 e. The van der Waals surface area contributed by atoms with E-state index in [2.05, 4.69) is 15.2 Å². The highest BCUT2D eigenvalue weighted by Crippen LogP contribution is 2.22. The van der Waals surface area contributed by atoms with E-state index in [9.17, 15) is 14.0 Å². The standard InChI is InChI=1S/C21H25FN4O4/c1-13-9-14(3-4-16(13)22)21(28)26-6-5-18-17(12-26)24-20(30-18)19(27)23-10-15-11-25(2)7-8-29-15/h3-4,9,15H,5-8,10-12H2,1-2H3,(H,23,27). The van der Waals surface area contributed by atoms with Crippen molar-refractivity contribution >= 4 is 11.8 Å². The largest absolute Gasteiger partial charge is 0.437 e. The number of nitrogens with one attached hydrogen (secondary N) is 1. The fourth-order valence-electron chi connectivity index (χ4n) is 3.70. The second kappa shape index (κ2) is 8.53. The van der Waals surface area contributed by atoms with Crippen molar-refractivity contribution in [1.82, 2.24) is 20.1 Å². The van der Waals surface area contributed by atoms with Crippen LogP contribution in [0.15, 0.2) is 22.6 Å². The number of carbonyl (C=O) groups is 2. The first-order valence-corrected chi connectivity index (χ1v) is 10.0. The van der Waals surface area contributed by atoms with E-state index >= 15 is 0 Å². The van der Waals surface area contributed by atoms with Gasteiger partial charge in [0.25, 0.3) is 11.8 Å². The molecule has 9 heteroatoms. The maximum absolute atomic E-state index is 13.5. The predicted molar refractivity (Wildman–Crippen MR) is 106 cm³/mol. The molecule has 8 nitrogen and oxygen atoms in total. The summed E-state index contributed by atoms with van der Waals surface area (Å²) in [4.78, 5) is 33.3. The third-order valence-corrected chi connectivity index (χ3v) is 5.45. The van der Waals surface area contributed by atoms with Crippen molar-refractivity contribution in [3.05, 3.63) is 52.5 Å². The van der Waals surface area contributed by atoms with Crippen LogP contribution >= 0.6 is 0 Å².